The van der Waals surface area contributed by atoms with Crippen molar-refractivity contribution in [2.45, 2.75) is 81.5 Å². The molecule has 5 aliphatic carbocycles. The number of aromatic nitrogens is 2. The van der Waals surface area contributed by atoms with E-state index in [0.29, 0.717) is 32.2 Å². The van der Waals surface area contributed by atoms with Crippen LogP contribution in [0, 0.1) is 11.8 Å². The molecule has 12 heteroatoms. The van der Waals surface area contributed by atoms with Crippen LogP contribution in [0.3, 0.4) is 0 Å². The molecule has 7 aromatic rings. The van der Waals surface area contributed by atoms with Crippen LogP contribution in [0.15, 0.2) is 123 Å². The Hall–Kier alpha value is -6.63. The van der Waals surface area contributed by atoms with Gasteiger partial charge in [-0.15, -0.1) is 0 Å². The molecular weight excluding hydrogens is 865 g/mol. The van der Waals surface area contributed by atoms with Gasteiger partial charge < -0.3 is 14.8 Å². The first-order valence-electron chi connectivity index (χ1n) is 23.1. The number of nitrogens with zero attached hydrogens (tertiary/aromatic N) is 3. The van der Waals surface area contributed by atoms with E-state index in [-0.39, 0.29) is 39.6 Å². The summed E-state index contributed by atoms with van der Waals surface area (Å²) in [5, 5.41) is 8.55. The van der Waals surface area contributed by atoms with Crippen LogP contribution in [0.4, 0.5) is 10.3 Å². The lowest BCUT2D eigenvalue weighted by Crippen LogP contribution is -2.38. The molecule has 7 aliphatic rings. The lowest BCUT2D eigenvalue weighted by molar-refractivity contribution is -0.0373. The van der Waals surface area contributed by atoms with E-state index in [1.807, 2.05) is 60.7 Å². The number of thiazole rings is 2. The van der Waals surface area contributed by atoms with Gasteiger partial charge in [-0.2, -0.15) is 0 Å². The molecular formula is C54H40N4O6S2. The zero-order valence-corrected chi connectivity index (χ0v) is 37.3. The minimum atomic E-state index is -1.05. The van der Waals surface area contributed by atoms with Crippen molar-refractivity contribution in [1.82, 2.24) is 9.97 Å². The Balaban J connectivity index is 0.842. The van der Waals surface area contributed by atoms with Crippen LogP contribution in [0.1, 0.15) is 106 Å². The third-order valence-electron chi connectivity index (χ3n) is 15.1. The third kappa shape index (κ3) is 5.54. The normalized spacial score (nSPS) is 22.3. The maximum absolute atomic E-state index is 13.9. The summed E-state index contributed by atoms with van der Waals surface area (Å²) in [5.74, 6) is 1.07. The van der Waals surface area contributed by atoms with E-state index in [4.69, 9.17) is 24.4 Å². The first-order valence-corrected chi connectivity index (χ1v) is 24.7. The van der Waals surface area contributed by atoms with Crippen LogP contribution in [0.5, 0.6) is 0 Å². The molecule has 4 heterocycles. The fraction of sp³-hybridized carbons (Fsp3) is 0.278. The van der Waals surface area contributed by atoms with Gasteiger partial charge in [0.15, 0.2) is 39.3 Å². The summed E-state index contributed by atoms with van der Waals surface area (Å²) in [6.07, 6.45) is 18.5. The number of carbonyl (C=O) groups is 2. The van der Waals surface area contributed by atoms with E-state index >= 15 is 0 Å². The van der Waals surface area contributed by atoms with Crippen molar-refractivity contribution in [2.75, 3.05) is 5.32 Å². The Bertz CT molecular complexity index is 3540. The molecule has 2 unspecified atom stereocenters. The molecule has 2 atom stereocenters. The summed E-state index contributed by atoms with van der Waals surface area (Å²) in [4.78, 5) is 72.3. The number of hydrogen-bond donors (Lipinski definition) is 1. The van der Waals surface area contributed by atoms with Gasteiger partial charge in [-0.05, 0) is 109 Å². The summed E-state index contributed by atoms with van der Waals surface area (Å²) < 4.78 is 14.3. The molecule has 0 amide bonds. The summed E-state index contributed by atoms with van der Waals surface area (Å²) in [5.41, 5.74) is 2.54. The van der Waals surface area contributed by atoms with Crippen LogP contribution in [0.2, 0.25) is 0 Å². The highest BCUT2D eigenvalue weighted by Crippen LogP contribution is 2.58. The molecule has 2 aliphatic heterocycles. The Morgan fingerprint density at radius 3 is 1.56 bits per heavy atom. The Kier molecular flexibility index (Phi) is 8.16. The molecule has 2 saturated carbocycles. The van der Waals surface area contributed by atoms with E-state index in [1.54, 1.807) is 12.1 Å². The van der Waals surface area contributed by atoms with Crippen LogP contribution >= 0.6 is 22.7 Å². The molecule has 10 nitrogen and oxygen atoms in total. The molecule has 14 rings (SSSR count). The summed E-state index contributed by atoms with van der Waals surface area (Å²) in [6, 6.07) is 21.7. The van der Waals surface area contributed by atoms with Gasteiger partial charge in [0, 0.05) is 44.9 Å². The largest absolute Gasteiger partial charge is 0.481 e. The zero-order valence-electron chi connectivity index (χ0n) is 35.6. The standard InChI is InChI=1S/C54H40N4O6S2/c59-43-33-19-27-11-3-4-12-28(27)20-34(33)44(60)41(43)55-51-57-49-47(65-51)37-23-32-26-40-38(24-31(32)25-39(37)63-53(49)15-7-1-8-16-53)48-50(54(64-40)17-9-2-10-18-54)58-52(66-48)56-42-45(61)35-21-29-13-5-6-14-30(29)22-36(35)46(42)62/h3-6,11-14,19-26,31-32,41H,1-2,7-10,15-18H2,(H,55,57). The van der Waals surface area contributed by atoms with Crippen molar-refractivity contribution >= 4 is 88.0 Å². The highest BCUT2D eigenvalue weighted by atomic mass is 32.1. The van der Waals surface area contributed by atoms with Gasteiger partial charge in [-0.3, -0.25) is 19.2 Å². The maximum atomic E-state index is 13.9. The predicted molar refractivity (Wildman–Crippen MR) is 257 cm³/mol. The smallest absolute Gasteiger partial charge is 0.216 e. The van der Waals surface area contributed by atoms with Gasteiger partial charge in [0.1, 0.15) is 22.9 Å². The van der Waals surface area contributed by atoms with Gasteiger partial charge in [0.05, 0.1) is 9.75 Å². The van der Waals surface area contributed by atoms with E-state index in [0.717, 1.165) is 130 Å². The first kappa shape index (κ1) is 38.6. The second kappa shape index (κ2) is 13.9. The number of Topliss-reactive ketones (excluding diaryl/α,β-unsaturated/α-hetero) is 2. The van der Waals surface area contributed by atoms with Crippen molar-refractivity contribution in [2.24, 2.45) is 16.8 Å². The van der Waals surface area contributed by atoms with Crippen LogP contribution in [-0.4, -0.2) is 27.6 Å². The van der Waals surface area contributed by atoms with E-state index in [2.05, 4.69) is 29.6 Å². The first-order chi connectivity index (χ1) is 32.2. The van der Waals surface area contributed by atoms with E-state index in [1.165, 1.54) is 22.7 Å². The Morgan fingerprint density at radius 2 is 1.05 bits per heavy atom. The fourth-order valence-corrected chi connectivity index (χ4v) is 14.0. The summed E-state index contributed by atoms with van der Waals surface area (Å²) in [7, 11) is 0. The number of rotatable bonds is 3. The molecule has 1 N–H and O–H groups in total. The van der Waals surface area contributed by atoms with Gasteiger partial charge in [-0.1, -0.05) is 96.2 Å². The molecule has 2 spiro atoms. The number of benzene rings is 4. The van der Waals surface area contributed by atoms with Crippen molar-refractivity contribution < 1.29 is 19.1 Å². The Morgan fingerprint density at radius 1 is 0.576 bits per heavy atom. The molecule has 2 aromatic heterocycles. The molecule has 0 saturated heterocycles. The molecule has 5 aromatic carbocycles. The van der Waals surface area contributed by atoms with Crippen molar-refractivity contribution in [3.8, 4) is 0 Å². The number of carbonyl (C=O) groups excluding carboxylic acids is 2. The number of fused-ring (bicyclic) bond motifs is 13. The van der Waals surface area contributed by atoms with E-state index in [9.17, 15) is 19.2 Å². The highest BCUT2D eigenvalue weighted by molar-refractivity contribution is 7.17. The number of hydrogen-bond acceptors (Lipinski definition) is 12. The number of allylic oxidation sites excluding steroid dienone is 6. The van der Waals surface area contributed by atoms with Gasteiger partial charge >= 0.3 is 0 Å². The number of nitrogens with one attached hydrogen (secondary N) is 1. The molecule has 0 bridgehead atoms. The quantitative estimate of drug-likeness (QED) is 0.172. The van der Waals surface area contributed by atoms with Gasteiger partial charge in [-0.25, -0.2) is 15.0 Å². The summed E-state index contributed by atoms with van der Waals surface area (Å²) in [6.45, 7) is 0. The Labute approximate surface area is 385 Å². The topological polar surface area (TPSA) is 137 Å². The second-order valence-corrected chi connectivity index (χ2v) is 21.0. The second-order valence-electron chi connectivity index (χ2n) is 19.0. The average molecular weight is 905 g/mol. The van der Waals surface area contributed by atoms with E-state index < -0.39 is 17.2 Å². The fourth-order valence-electron chi connectivity index (χ4n) is 11.8. The maximum Gasteiger partial charge on any atom is 0.216 e. The molecule has 0 radical (unpaired) electrons. The number of ether oxygens (including phenoxy) is 2. The monoisotopic (exact) mass is 904 g/mol. The SMILES string of the molecule is O=C1c2cc3ccccc3cc2C(=O)C1Nc1nc2c(s1)C1=CC3C=C4OC5(CCCCC5)c5nc(N=c6c(=O)c7cc8ccccc8cc7c6=O)sc5C4=CC3C=C1OC21CCCCC1. The van der Waals surface area contributed by atoms with Crippen LogP contribution < -0.4 is 21.5 Å². The molecule has 2 fully saturated rings. The van der Waals surface area contributed by atoms with Crippen LogP contribution in [-0.2, 0) is 20.7 Å². The minimum Gasteiger partial charge on any atom is -0.481 e. The van der Waals surface area contributed by atoms with Crippen molar-refractivity contribution in [1.29, 1.82) is 0 Å². The van der Waals surface area contributed by atoms with Crippen molar-refractivity contribution in [3.63, 3.8) is 0 Å². The van der Waals surface area contributed by atoms with Gasteiger partial charge in [0.2, 0.25) is 16.0 Å². The predicted octanol–water partition coefficient (Wildman–Crippen LogP) is 10.6. The summed E-state index contributed by atoms with van der Waals surface area (Å²) >= 11 is 2.92. The number of anilines is 1. The lowest BCUT2D eigenvalue weighted by Gasteiger charge is -2.45. The highest BCUT2D eigenvalue weighted by Gasteiger charge is 2.50. The van der Waals surface area contributed by atoms with Crippen molar-refractivity contribution in [3.05, 3.63) is 167 Å². The van der Waals surface area contributed by atoms with Gasteiger partial charge in [0.25, 0.3) is 0 Å². The third-order valence-corrected chi connectivity index (χ3v) is 17.1. The minimum absolute atomic E-state index is 0.0444. The average Bonchev–Trinajstić information content (AvgIpc) is 4.09. The molecule has 66 heavy (non-hydrogen) atoms. The molecule has 324 valence electrons. The number of ketones is 2. The zero-order chi connectivity index (χ0) is 44.1. The van der Waals surface area contributed by atoms with Crippen LogP contribution in [0.25, 0.3) is 43.5 Å². The lowest BCUT2D eigenvalue weighted by atomic mass is 9.73.